The molecule has 0 aliphatic rings. The van der Waals surface area contributed by atoms with Crippen molar-refractivity contribution < 1.29 is 23.8 Å². The van der Waals surface area contributed by atoms with E-state index < -0.39 is 9.04 Å². The fraction of sp³-hybridized carbons (Fsp3) is 0.409. The molecule has 6 heteroatoms. The third kappa shape index (κ3) is 6.47. The Balaban J connectivity index is 1.88. The number of ether oxygens (including phenoxy) is 2. The van der Waals surface area contributed by atoms with E-state index in [1.807, 2.05) is 19.9 Å². The maximum absolute atomic E-state index is 12.5. The van der Waals surface area contributed by atoms with E-state index in [-0.39, 0.29) is 22.8 Å². The lowest BCUT2D eigenvalue weighted by molar-refractivity contribution is 0.103. The van der Waals surface area contributed by atoms with Gasteiger partial charge in [0.25, 0.3) is 0 Å². The maximum Gasteiger partial charge on any atom is 0.241 e. The van der Waals surface area contributed by atoms with E-state index in [4.69, 9.17) is 13.9 Å². The van der Waals surface area contributed by atoms with Gasteiger partial charge in [-0.3, -0.25) is 4.79 Å². The Hall–Kier alpha value is -2.15. The van der Waals surface area contributed by atoms with Crippen LogP contribution in [0.15, 0.2) is 48.5 Å². The second-order valence-electron chi connectivity index (χ2n) is 6.32. The van der Waals surface area contributed by atoms with Gasteiger partial charge in [-0.25, -0.2) is 0 Å². The van der Waals surface area contributed by atoms with Gasteiger partial charge < -0.3 is 19.0 Å². The molecule has 0 saturated carbocycles. The molecule has 0 aromatic heterocycles. The Kier molecular flexibility index (Phi) is 9.20. The molecule has 0 aliphatic carbocycles. The van der Waals surface area contributed by atoms with Crippen molar-refractivity contribution in [3.05, 3.63) is 59.7 Å². The van der Waals surface area contributed by atoms with E-state index >= 15 is 0 Å². The molecule has 28 heavy (non-hydrogen) atoms. The zero-order valence-electron chi connectivity index (χ0n) is 16.8. The van der Waals surface area contributed by atoms with Crippen LogP contribution in [0, 0.1) is 0 Å². The highest BCUT2D eigenvalue weighted by Crippen LogP contribution is 2.26. The lowest BCUT2D eigenvalue weighted by atomic mass is 10.0. The fourth-order valence-electron chi connectivity index (χ4n) is 2.90. The monoisotopic (exact) mass is 401 g/mol. The summed E-state index contributed by atoms with van der Waals surface area (Å²) >= 11 is 0. The Morgan fingerprint density at radius 3 is 2.50 bits per heavy atom. The lowest BCUT2D eigenvalue weighted by Crippen LogP contribution is -2.34. The van der Waals surface area contributed by atoms with Crippen LogP contribution < -0.4 is 4.74 Å². The summed E-state index contributed by atoms with van der Waals surface area (Å²) in [6, 6.07) is 14.6. The summed E-state index contributed by atoms with van der Waals surface area (Å²) in [6.07, 6.45) is 0.844. The molecule has 0 heterocycles. The number of hydrogen-bond donors (Lipinski definition) is 1. The number of carbonyl (C=O) groups excluding carboxylic acids is 1. The number of phenolic OH excluding ortho intramolecular Hbond substituents is 1. The molecule has 0 saturated heterocycles. The number of carbonyl (C=O) groups is 1. The molecule has 1 unspecified atom stereocenters. The minimum Gasteiger partial charge on any atom is -0.507 e. The van der Waals surface area contributed by atoms with E-state index in [2.05, 4.69) is 6.92 Å². The Labute approximate surface area is 169 Å². The van der Waals surface area contributed by atoms with E-state index in [1.54, 1.807) is 36.4 Å². The molecule has 0 fully saturated rings. The third-order valence-corrected chi connectivity index (χ3v) is 6.87. The van der Waals surface area contributed by atoms with Crippen molar-refractivity contribution in [1.82, 2.24) is 0 Å². The molecule has 0 aliphatic heterocycles. The third-order valence-electron chi connectivity index (χ3n) is 4.29. The number of hydrogen-bond acceptors (Lipinski definition) is 5. The average molecular weight is 402 g/mol. The number of aromatic hydroxyl groups is 1. The molecular formula is C22H29O5Si. The summed E-state index contributed by atoms with van der Waals surface area (Å²) in [5, 5.41) is 10.2. The summed E-state index contributed by atoms with van der Waals surface area (Å²) in [4.78, 5) is 12.5. The van der Waals surface area contributed by atoms with Crippen LogP contribution in [0.5, 0.6) is 11.5 Å². The van der Waals surface area contributed by atoms with E-state index in [0.717, 1.165) is 12.5 Å². The van der Waals surface area contributed by atoms with E-state index in [9.17, 15) is 9.90 Å². The van der Waals surface area contributed by atoms with Gasteiger partial charge in [0.1, 0.15) is 11.5 Å². The maximum atomic E-state index is 12.5. The van der Waals surface area contributed by atoms with Crippen LogP contribution in [-0.4, -0.2) is 45.5 Å². The topological polar surface area (TPSA) is 65.0 Å². The zero-order chi connectivity index (χ0) is 20.4. The van der Waals surface area contributed by atoms with Crippen LogP contribution in [0.3, 0.4) is 0 Å². The van der Waals surface area contributed by atoms with Crippen molar-refractivity contribution in [2.24, 2.45) is 0 Å². The minimum atomic E-state index is -1.04. The van der Waals surface area contributed by atoms with Gasteiger partial charge in [0.2, 0.25) is 9.04 Å². The van der Waals surface area contributed by atoms with Gasteiger partial charge in [-0.05, 0) is 45.4 Å². The van der Waals surface area contributed by atoms with Crippen LogP contribution in [0.2, 0.25) is 6.04 Å². The van der Waals surface area contributed by atoms with Crippen molar-refractivity contribution >= 4 is 14.8 Å². The van der Waals surface area contributed by atoms with Crippen molar-refractivity contribution in [2.45, 2.75) is 39.0 Å². The Morgan fingerprint density at radius 1 is 1.11 bits per heavy atom. The van der Waals surface area contributed by atoms with E-state index in [1.165, 1.54) is 6.07 Å². The van der Waals surface area contributed by atoms with Crippen molar-refractivity contribution in [1.29, 1.82) is 0 Å². The van der Waals surface area contributed by atoms with Gasteiger partial charge in [-0.15, -0.1) is 0 Å². The van der Waals surface area contributed by atoms with E-state index in [0.29, 0.717) is 31.1 Å². The number of benzene rings is 2. The summed E-state index contributed by atoms with van der Waals surface area (Å²) in [5.74, 6) is 0.263. The number of phenols is 1. The predicted molar refractivity (Wildman–Crippen MR) is 111 cm³/mol. The molecule has 1 atom stereocenters. The molecule has 5 nitrogen and oxygen atoms in total. The predicted octanol–water partition coefficient (Wildman–Crippen LogP) is 4.38. The molecule has 2 rings (SSSR count). The molecule has 2 aromatic carbocycles. The fourth-order valence-corrected chi connectivity index (χ4v) is 4.90. The van der Waals surface area contributed by atoms with Gasteiger partial charge in [0.05, 0.1) is 17.9 Å². The molecule has 1 N–H and O–H groups in total. The highest BCUT2D eigenvalue weighted by atomic mass is 28.3. The van der Waals surface area contributed by atoms with Gasteiger partial charge in [0.15, 0.2) is 5.78 Å². The number of rotatable bonds is 12. The minimum absolute atomic E-state index is 0.0737. The molecular weight excluding hydrogens is 372 g/mol. The average Bonchev–Trinajstić information content (AvgIpc) is 2.70. The van der Waals surface area contributed by atoms with Gasteiger partial charge in [-0.2, -0.15) is 0 Å². The largest absolute Gasteiger partial charge is 0.507 e. The second kappa shape index (κ2) is 11.6. The van der Waals surface area contributed by atoms with Crippen LogP contribution >= 0.6 is 0 Å². The summed E-state index contributed by atoms with van der Waals surface area (Å²) < 4.78 is 17.3. The summed E-state index contributed by atoms with van der Waals surface area (Å²) in [6.45, 7) is 7.95. The smallest absolute Gasteiger partial charge is 0.241 e. The van der Waals surface area contributed by atoms with Crippen LogP contribution in [0.4, 0.5) is 0 Å². The molecule has 1 radical (unpaired) electrons. The van der Waals surface area contributed by atoms with Gasteiger partial charge in [0, 0.05) is 24.8 Å². The standard InChI is InChI=1S/C22H29O5Si/c1-4-25-17(3)28(27-5-2)15-9-14-26-19-12-13-20(21(23)16-19)22(24)18-10-7-6-8-11-18/h6-8,10-13,16-17,23H,4-5,9,14-15H2,1-3H3. The highest BCUT2D eigenvalue weighted by molar-refractivity contribution is 6.53. The zero-order valence-corrected chi connectivity index (χ0v) is 17.8. The van der Waals surface area contributed by atoms with Crippen molar-refractivity contribution in [3.63, 3.8) is 0 Å². The van der Waals surface area contributed by atoms with Gasteiger partial charge >= 0.3 is 0 Å². The molecule has 0 amide bonds. The molecule has 0 spiro atoms. The van der Waals surface area contributed by atoms with Crippen LogP contribution in [0.25, 0.3) is 0 Å². The van der Waals surface area contributed by atoms with Crippen molar-refractivity contribution in [2.75, 3.05) is 19.8 Å². The van der Waals surface area contributed by atoms with Gasteiger partial charge in [-0.1, -0.05) is 30.3 Å². The summed E-state index contributed by atoms with van der Waals surface area (Å²) in [7, 11) is -1.04. The first-order valence-electron chi connectivity index (χ1n) is 9.72. The normalized spacial score (nSPS) is 12.1. The Morgan fingerprint density at radius 2 is 1.86 bits per heavy atom. The first kappa shape index (κ1) is 22.1. The molecule has 2 aromatic rings. The quantitative estimate of drug-likeness (QED) is 0.325. The lowest BCUT2D eigenvalue weighted by Gasteiger charge is -2.21. The molecule has 151 valence electrons. The Bertz CT molecular complexity index is 735. The SMILES string of the molecule is CCOC(C)[Si](CCCOc1ccc(C(=O)c2ccccc2)c(O)c1)OCC. The highest BCUT2D eigenvalue weighted by Gasteiger charge is 2.21. The summed E-state index contributed by atoms with van der Waals surface area (Å²) in [5.41, 5.74) is 0.952. The second-order valence-corrected chi connectivity index (χ2v) is 8.86. The van der Waals surface area contributed by atoms with Crippen molar-refractivity contribution in [3.8, 4) is 11.5 Å². The van der Waals surface area contributed by atoms with Crippen LogP contribution in [-0.2, 0) is 9.16 Å². The number of ketones is 1. The first-order valence-corrected chi connectivity index (χ1v) is 11.4. The first-order chi connectivity index (χ1) is 13.6. The molecule has 0 bridgehead atoms. The van der Waals surface area contributed by atoms with Crippen LogP contribution in [0.1, 0.15) is 43.1 Å².